The topological polar surface area (TPSA) is 115 Å². The van der Waals surface area contributed by atoms with Crippen LogP contribution in [0.5, 0.6) is 0 Å². The van der Waals surface area contributed by atoms with Gasteiger partial charge in [-0.3, -0.25) is 9.59 Å². The Morgan fingerprint density at radius 2 is 1.72 bits per heavy atom. The van der Waals surface area contributed by atoms with Crippen molar-refractivity contribution in [1.29, 1.82) is 0 Å². The molecule has 1 aromatic heterocycles. The molecule has 0 spiro atoms. The third kappa shape index (κ3) is 4.93. The number of benzene rings is 1. The molecule has 2 aliphatic rings. The van der Waals surface area contributed by atoms with Gasteiger partial charge in [0.05, 0.1) is 18.8 Å². The van der Waals surface area contributed by atoms with E-state index in [1.807, 2.05) is 0 Å². The van der Waals surface area contributed by atoms with E-state index < -0.39 is 30.3 Å². The molecule has 2 saturated heterocycles. The summed E-state index contributed by atoms with van der Waals surface area (Å²) in [5.74, 6) is -0.803. The van der Waals surface area contributed by atoms with Crippen molar-refractivity contribution < 1.29 is 33.3 Å². The first-order chi connectivity index (χ1) is 15.4. The Labute approximate surface area is 184 Å². The molecule has 9 nitrogen and oxygen atoms in total. The molecule has 172 valence electrons. The lowest BCUT2D eigenvalue weighted by Gasteiger charge is -2.36. The standard InChI is InChI=1S/C22H26FN3O6/c23-14-3-5-15(6-4-14)25-7-9-26(10-8-25)19(27)12-17-20(28)21(29)18(32-17)13-24-22(30)16-2-1-11-31-16/h1-6,11,17-18,20-21,28-29H,7-10,12-13H2,(H,24,30)/t17-,18+,20-,21+/m0/s1. The molecule has 0 saturated carbocycles. The van der Waals surface area contributed by atoms with E-state index in [4.69, 9.17) is 9.15 Å². The van der Waals surface area contributed by atoms with Gasteiger partial charge in [-0.05, 0) is 36.4 Å². The van der Waals surface area contributed by atoms with E-state index in [1.165, 1.54) is 24.5 Å². The van der Waals surface area contributed by atoms with Crippen LogP contribution < -0.4 is 10.2 Å². The highest BCUT2D eigenvalue weighted by atomic mass is 19.1. The van der Waals surface area contributed by atoms with Crippen LogP contribution >= 0.6 is 0 Å². The number of carbonyl (C=O) groups excluding carboxylic acids is 2. The van der Waals surface area contributed by atoms with E-state index in [1.54, 1.807) is 23.1 Å². The Bertz CT molecular complexity index is 914. The van der Waals surface area contributed by atoms with Crippen molar-refractivity contribution >= 4 is 17.5 Å². The lowest BCUT2D eigenvalue weighted by atomic mass is 10.0. The maximum Gasteiger partial charge on any atom is 0.287 e. The van der Waals surface area contributed by atoms with Crippen LogP contribution in [0.4, 0.5) is 10.1 Å². The van der Waals surface area contributed by atoms with Crippen molar-refractivity contribution in [2.45, 2.75) is 30.8 Å². The molecule has 10 heteroatoms. The van der Waals surface area contributed by atoms with Crippen LogP contribution in [0.1, 0.15) is 17.0 Å². The third-order valence-corrected chi connectivity index (χ3v) is 5.87. The summed E-state index contributed by atoms with van der Waals surface area (Å²) in [5.41, 5.74) is 0.899. The summed E-state index contributed by atoms with van der Waals surface area (Å²) >= 11 is 0. The highest BCUT2D eigenvalue weighted by Gasteiger charge is 2.44. The Morgan fingerprint density at radius 1 is 1.03 bits per heavy atom. The Hall–Kier alpha value is -2.95. The lowest BCUT2D eigenvalue weighted by Crippen LogP contribution is -2.49. The van der Waals surface area contributed by atoms with Crippen molar-refractivity contribution in [1.82, 2.24) is 10.2 Å². The van der Waals surface area contributed by atoms with E-state index >= 15 is 0 Å². The van der Waals surface area contributed by atoms with E-state index in [0.717, 1.165) is 5.69 Å². The molecule has 0 unspecified atom stereocenters. The quantitative estimate of drug-likeness (QED) is 0.586. The maximum absolute atomic E-state index is 13.1. The number of nitrogens with zero attached hydrogens (tertiary/aromatic N) is 2. The van der Waals surface area contributed by atoms with Crippen LogP contribution in [-0.2, 0) is 9.53 Å². The van der Waals surface area contributed by atoms with Crippen LogP contribution in [0.2, 0.25) is 0 Å². The van der Waals surface area contributed by atoms with Crippen molar-refractivity contribution in [2.75, 3.05) is 37.6 Å². The molecule has 2 aromatic rings. The fourth-order valence-electron chi connectivity index (χ4n) is 4.02. The fraction of sp³-hybridized carbons (Fsp3) is 0.455. The van der Waals surface area contributed by atoms with Gasteiger partial charge in [0.15, 0.2) is 5.76 Å². The Morgan fingerprint density at radius 3 is 2.38 bits per heavy atom. The number of aliphatic hydroxyl groups excluding tert-OH is 2. The van der Waals surface area contributed by atoms with E-state index in [-0.39, 0.29) is 30.5 Å². The molecule has 32 heavy (non-hydrogen) atoms. The number of piperazine rings is 1. The first kappa shape index (κ1) is 22.3. The molecule has 2 fully saturated rings. The number of carbonyl (C=O) groups is 2. The zero-order valence-corrected chi connectivity index (χ0v) is 17.4. The first-order valence-electron chi connectivity index (χ1n) is 10.5. The summed E-state index contributed by atoms with van der Waals surface area (Å²) in [6, 6.07) is 9.33. The summed E-state index contributed by atoms with van der Waals surface area (Å²) in [5, 5.41) is 23.2. The van der Waals surface area contributed by atoms with Gasteiger partial charge in [-0.25, -0.2) is 4.39 Å². The highest BCUT2D eigenvalue weighted by Crippen LogP contribution is 2.25. The number of ether oxygens (including phenoxy) is 1. The molecular formula is C22H26FN3O6. The van der Waals surface area contributed by atoms with Crippen LogP contribution in [0, 0.1) is 5.82 Å². The second-order valence-electron chi connectivity index (χ2n) is 7.93. The van der Waals surface area contributed by atoms with Crippen molar-refractivity contribution in [3.05, 3.63) is 54.2 Å². The molecule has 0 radical (unpaired) electrons. The van der Waals surface area contributed by atoms with Gasteiger partial charge in [-0.15, -0.1) is 0 Å². The monoisotopic (exact) mass is 447 g/mol. The number of furan rings is 1. The largest absolute Gasteiger partial charge is 0.459 e. The summed E-state index contributed by atoms with van der Waals surface area (Å²) in [6.45, 7) is 2.16. The summed E-state index contributed by atoms with van der Waals surface area (Å²) < 4.78 is 23.8. The molecule has 0 aliphatic carbocycles. The minimum atomic E-state index is -1.23. The average molecular weight is 447 g/mol. The number of hydrogen-bond acceptors (Lipinski definition) is 7. The van der Waals surface area contributed by atoms with Crippen LogP contribution in [0.15, 0.2) is 47.1 Å². The van der Waals surface area contributed by atoms with Gasteiger partial charge in [-0.1, -0.05) is 0 Å². The van der Waals surface area contributed by atoms with Gasteiger partial charge in [0.25, 0.3) is 5.91 Å². The SMILES string of the molecule is O=C(NC[C@H]1O[C@@H](CC(=O)N2CCN(c3ccc(F)cc3)CC2)[C@H](O)[C@@H]1O)c1ccco1. The normalized spacial score (nSPS) is 25.7. The summed E-state index contributed by atoms with van der Waals surface area (Å²) in [4.78, 5) is 28.5. The molecule has 4 atom stereocenters. The lowest BCUT2D eigenvalue weighted by molar-refractivity contribution is -0.135. The minimum absolute atomic E-state index is 0.0290. The molecule has 3 heterocycles. The molecule has 1 aromatic carbocycles. The van der Waals surface area contributed by atoms with Crippen LogP contribution in [0.3, 0.4) is 0 Å². The van der Waals surface area contributed by atoms with Crippen molar-refractivity contribution in [3.63, 3.8) is 0 Å². The van der Waals surface area contributed by atoms with E-state index in [9.17, 15) is 24.2 Å². The van der Waals surface area contributed by atoms with E-state index in [0.29, 0.717) is 26.2 Å². The van der Waals surface area contributed by atoms with Gasteiger partial charge in [0.1, 0.15) is 24.1 Å². The number of hydrogen-bond donors (Lipinski definition) is 3. The van der Waals surface area contributed by atoms with Gasteiger partial charge >= 0.3 is 0 Å². The van der Waals surface area contributed by atoms with Crippen LogP contribution in [-0.4, -0.2) is 84.1 Å². The fourth-order valence-corrected chi connectivity index (χ4v) is 4.02. The second kappa shape index (κ2) is 9.68. The molecule has 3 N–H and O–H groups in total. The molecule has 2 aliphatic heterocycles. The maximum atomic E-state index is 13.1. The number of rotatable bonds is 6. The number of amides is 2. The number of anilines is 1. The van der Waals surface area contributed by atoms with Gasteiger partial charge < -0.3 is 34.5 Å². The Balaban J connectivity index is 1.25. The zero-order chi connectivity index (χ0) is 22.7. The third-order valence-electron chi connectivity index (χ3n) is 5.87. The summed E-state index contributed by atoms with van der Waals surface area (Å²) in [6.07, 6.45) is -2.85. The predicted octanol–water partition coefficient (Wildman–Crippen LogP) is 0.377. The second-order valence-corrected chi connectivity index (χ2v) is 7.93. The van der Waals surface area contributed by atoms with Gasteiger partial charge in [0, 0.05) is 38.4 Å². The first-order valence-corrected chi connectivity index (χ1v) is 10.5. The zero-order valence-electron chi connectivity index (χ0n) is 17.4. The Kier molecular flexibility index (Phi) is 6.73. The predicted molar refractivity (Wildman–Crippen MR) is 112 cm³/mol. The smallest absolute Gasteiger partial charge is 0.287 e. The van der Waals surface area contributed by atoms with Gasteiger partial charge in [0.2, 0.25) is 5.91 Å². The molecule has 0 bridgehead atoms. The molecular weight excluding hydrogens is 421 g/mol. The molecule has 4 rings (SSSR count). The number of halogens is 1. The number of nitrogens with one attached hydrogen (secondary N) is 1. The van der Waals surface area contributed by atoms with Gasteiger partial charge in [-0.2, -0.15) is 0 Å². The van der Waals surface area contributed by atoms with Crippen molar-refractivity contribution in [2.24, 2.45) is 0 Å². The summed E-state index contributed by atoms with van der Waals surface area (Å²) in [7, 11) is 0. The van der Waals surface area contributed by atoms with Crippen LogP contribution in [0.25, 0.3) is 0 Å². The van der Waals surface area contributed by atoms with E-state index in [2.05, 4.69) is 10.2 Å². The number of aliphatic hydroxyl groups is 2. The van der Waals surface area contributed by atoms with Crippen molar-refractivity contribution in [3.8, 4) is 0 Å². The average Bonchev–Trinajstić information content (AvgIpc) is 3.43. The minimum Gasteiger partial charge on any atom is -0.459 e. The highest BCUT2D eigenvalue weighted by molar-refractivity contribution is 5.91. The molecule has 2 amide bonds.